The van der Waals surface area contributed by atoms with E-state index >= 15 is 0 Å². The molecule has 0 radical (unpaired) electrons. The molecule has 1 unspecified atom stereocenters. The van der Waals surface area contributed by atoms with Gasteiger partial charge in [0.2, 0.25) is 0 Å². The zero-order valence-corrected chi connectivity index (χ0v) is 20.0. The van der Waals surface area contributed by atoms with E-state index in [-0.39, 0.29) is 29.1 Å². The molecule has 11 nitrogen and oxygen atoms in total. The monoisotopic (exact) mass is 527 g/mol. The minimum absolute atomic E-state index is 0.0229. The third-order valence-electron chi connectivity index (χ3n) is 5.91. The smallest absolute Gasteiger partial charge is 0.333 e. The van der Waals surface area contributed by atoms with E-state index in [4.69, 9.17) is 21.2 Å². The van der Waals surface area contributed by atoms with E-state index in [0.717, 1.165) is 0 Å². The molecule has 0 saturated heterocycles. The Balaban J connectivity index is 1.50. The summed E-state index contributed by atoms with van der Waals surface area (Å²) >= 11 is 5.85. The van der Waals surface area contributed by atoms with Crippen molar-refractivity contribution in [2.24, 2.45) is 11.1 Å². The molecule has 0 aliphatic heterocycles. The number of hydrogen-bond acceptors (Lipinski definition) is 9. The Kier molecular flexibility index (Phi) is 7.24. The van der Waals surface area contributed by atoms with Crippen LogP contribution in [0.4, 0.5) is 10.2 Å². The Morgan fingerprint density at radius 3 is 2.91 bits per heavy atom. The number of carbonyl (C=O) groups excluding carboxylic acids is 1. The van der Waals surface area contributed by atoms with Gasteiger partial charge < -0.3 is 19.4 Å². The van der Waals surface area contributed by atoms with E-state index in [2.05, 4.69) is 19.5 Å². The molecule has 1 saturated carbocycles. The second-order valence-electron chi connectivity index (χ2n) is 8.24. The molecule has 1 aliphatic rings. The molecule has 3 heterocycles. The minimum Gasteiger partial charge on any atom is -0.448 e. The molecule has 5 atom stereocenters. The van der Waals surface area contributed by atoms with Crippen molar-refractivity contribution >= 4 is 33.5 Å². The summed E-state index contributed by atoms with van der Waals surface area (Å²) in [7, 11) is -4.23. The van der Waals surface area contributed by atoms with Crippen LogP contribution in [0.3, 0.4) is 0 Å². The number of halogens is 2. The number of aliphatic hydroxyl groups is 1. The van der Waals surface area contributed by atoms with Gasteiger partial charge in [-0.15, -0.1) is 0 Å². The first-order chi connectivity index (χ1) is 16.5. The Bertz CT molecular complexity index is 1310. The minimum atomic E-state index is -4.23. The summed E-state index contributed by atoms with van der Waals surface area (Å²) in [5.41, 5.74) is 0.444. The molecule has 14 heteroatoms. The third kappa shape index (κ3) is 5.70. The van der Waals surface area contributed by atoms with Crippen LogP contribution in [0.15, 0.2) is 47.5 Å². The molecule has 35 heavy (non-hydrogen) atoms. The summed E-state index contributed by atoms with van der Waals surface area (Å²) in [5, 5.41) is 18.1. The number of ketones is 1. The van der Waals surface area contributed by atoms with Crippen molar-refractivity contribution in [2.45, 2.75) is 37.7 Å². The molecule has 4 rings (SSSR count). The first-order valence-corrected chi connectivity index (χ1v) is 12.4. The number of aliphatic hydroxyl groups excluding tert-OH is 1. The van der Waals surface area contributed by atoms with Gasteiger partial charge in [-0.3, -0.25) is 8.98 Å². The summed E-state index contributed by atoms with van der Waals surface area (Å²) in [6.07, 6.45) is 2.64. The SMILES string of the molecule is CC(c1ccc(Cl)o1)n1ccc(C(=O)c2cncnc2N[C@@H]2C[C@H](COS(N)(=O)=O)[C@@H](O)[C@@H]2F)c1. The Labute approximate surface area is 205 Å². The van der Waals surface area contributed by atoms with Crippen LogP contribution >= 0.6 is 11.6 Å². The molecule has 0 aromatic carbocycles. The Morgan fingerprint density at radius 1 is 1.46 bits per heavy atom. The lowest BCUT2D eigenvalue weighted by Gasteiger charge is -2.18. The molecule has 188 valence electrons. The van der Waals surface area contributed by atoms with E-state index < -0.39 is 46.9 Å². The predicted molar refractivity (Wildman–Crippen MR) is 123 cm³/mol. The van der Waals surface area contributed by atoms with Gasteiger partial charge in [-0.25, -0.2) is 19.5 Å². The number of nitrogens with zero attached hydrogens (tertiary/aromatic N) is 3. The van der Waals surface area contributed by atoms with Crippen molar-refractivity contribution in [2.75, 3.05) is 11.9 Å². The van der Waals surface area contributed by atoms with Gasteiger partial charge in [0.25, 0.3) is 0 Å². The molecular weight excluding hydrogens is 505 g/mol. The van der Waals surface area contributed by atoms with Crippen LogP contribution in [0.1, 0.15) is 41.1 Å². The molecule has 0 spiro atoms. The second-order valence-corrected chi connectivity index (χ2v) is 9.83. The number of rotatable bonds is 9. The van der Waals surface area contributed by atoms with Crippen molar-refractivity contribution in [3.63, 3.8) is 0 Å². The lowest BCUT2D eigenvalue weighted by molar-refractivity contribution is 0.0501. The van der Waals surface area contributed by atoms with E-state index in [1.807, 2.05) is 6.92 Å². The van der Waals surface area contributed by atoms with Crippen LogP contribution in [0.25, 0.3) is 0 Å². The summed E-state index contributed by atoms with van der Waals surface area (Å²) in [6, 6.07) is 3.82. The van der Waals surface area contributed by atoms with Gasteiger partial charge in [-0.1, -0.05) is 0 Å². The summed E-state index contributed by atoms with van der Waals surface area (Å²) in [5.74, 6) is -0.534. The van der Waals surface area contributed by atoms with Crippen molar-refractivity contribution < 1.29 is 31.3 Å². The van der Waals surface area contributed by atoms with Crippen LogP contribution in [-0.2, 0) is 14.5 Å². The number of furan rings is 1. The third-order valence-corrected chi connectivity index (χ3v) is 6.57. The average Bonchev–Trinajstić information content (AvgIpc) is 3.53. The fourth-order valence-electron chi connectivity index (χ4n) is 4.01. The number of carbonyl (C=O) groups is 1. The van der Waals surface area contributed by atoms with Gasteiger partial charge in [0.05, 0.1) is 30.4 Å². The summed E-state index contributed by atoms with van der Waals surface area (Å²) in [4.78, 5) is 21.2. The Morgan fingerprint density at radius 2 is 2.23 bits per heavy atom. The van der Waals surface area contributed by atoms with Crippen LogP contribution < -0.4 is 10.5 Å². The highest BCUT2D eigenvalue weighted by Gasteiger charge is 2.44. The molecule has 3 aromatic heterocycles. The number of anilines is 1. The number of hydrogen-bond donors (Lipinski definition) is 3. The van der Waals surface area contributed by atoms with Gasteiger partial charge in [0, 0.05) is 30.1 Å². The van der Waals surface area contributed by atoms with Gasteiger partial charge in [0.1, 0.15) is 24.1 Å². The van der Waals surface area contributed by atoms with E-state index in [1.165, 1.54) is 12.5 Å². The number of aromatic nitrogens is 3. The molecule has 0 bridgehead atoms. The molecule has 4 N–H and O–H groups in total. The van der Waals surface area contributed by atoms with E-state index in [1.54, 1.807) is 35.2 Å². The fraction of sp³-hybridized carbons (Fsp3) is 0.381. The number of nitrogens with two attached hydrogens (primary N) is 1. The van der Waals surface area contributed by atoms with E-state index in [0.29, 0.717) is 11.3 Å². The predicted octanol–water partition coefficient (Wildman–Crippen LogP) is 2.08. The Hall–Kier alpha value is -2.84. The van der Waals surface area contributed by atoms with E-state index in [9.17, 15) is 22.7 Å². The van der Waals surface area contributed by atoms with Crippen LogP contribution in [-0.4, -0.2) is 58.8 Å². The lowest BCUT2D eigenvalue weighted by Crippen LogP contribution is -2.33. The molecule has 1 fully saturated rings. The normalized spacial score (nSPS) is 23.3. The molecular formula is C21H23ClFN5O6S. The van der Waals surface area contributed by atoms with Crippen molar-refractivity contribution in [3.8, 4) is 0 Å². The number of alkyl halides is 1. The highest BCUT2D eigenvalue weighted by atomic mass is 35.5. The van der Waals surface area contributed by atoms with Gasteiger partial charge >= 0.3 is 10.3 Å². The average molecular weight is 528 g/mol. The summed E-state index contributed by atoms with van der Waals surface area (Å²) in [6.45, 7) is 1.41. The first kappa shape index (κ1) is 25.3. The van der Waals surface area contributed by atoms with Gasteiger partial charge in [-0.05, 0) is 43.1 Å². The zero-order chi connectivity index (χ0) is 25.3. The van der Waals surface area contributed by atoms with Gasteiger partial charge in [0.15, 0.2) is 11.0 Å². The lowest BCUT2D eigenvalue weighted by atomic mass is 10.1. The van der Waals surface area contributed by atoms with Crippen LogP contribution in [0, 0.1) is 5.92 Å². The first-order valence-electron chi connectivity index (χ1n) is 10.6. The fourth-order valence-corrected chi connectivity index (χ4v) is 4.53. The van der Waals surface area contributed by atoms with Crippen molar-refractivity contribution in [1.29, 1.82) is 0 Å². The maximum absolute atomic E-state index is 14.7. The van der Waals surface area contributed by atoms with Crippen molar-refractivity contribution in [1.82, 2.24) is 14.5 Å². The largest absolute Gasteiger partial charge is 0.448 e. The highest BCUT2D eigenvalue weighted by Crippen LogP contribution is 2.32. The van der Waals surface area contributed by atoms with Crippen LogP contribution in [0.5, 0.6) is 0 Å². The quantitative estimate of drug-likeness (QED) is 0.353. The standard InChI is InChI=1S/C21H23ClFN5O6S/c1-11(16-2-3-17(22)34-16)28-5-4-12(8-28)19(29)14-7-25-10-26-21(14)27-15-6-13(20(30)18(15)23)9-33-35(24,31)32/h2-5,7-8,10-11,13,15,18,20,30H,6,9H2,1H3,(H2,24,31,32)(H,25,26,27)/t11?,13-,15-,18-,20-/m1/s1. The zero-order valence-electron chi connectivity index (χ0n) is 18.4. The topological polar surface area (TPSA) is 163 Å². The summed E-state index contributed by atoms with van der Waals surface area (Å²) < 4.78 is 48.5. The maximum atomic E-state index is 14.7. The second kappa shape index (κ2) is 10.0. The number of nitrogens with one attached hydrogen (secondary N) is 1. The van der Waals surface area contributed by atoms with Crippen molar-refractivity contribution in [3.05, 3.63) is 65.2 Å². The highest BCUT2D eigenvalue weighted by molar-refractivity contribution is 7.84. The molecule has 0 amide bonds. The molecule has 1 aliphatic carbocycles. The van der Waals surface area contributed by atoms with Gasteiger partial charge in [-0.2, -0.15) is 8.42 Å². The van der Waals surface area contributed by atoms with Crippen LogP contribution in [0.2, 0.25) is 5.22 Å². The maximum Gasteiger partial charge on any atom is 0.333 e. The molecule has 3 aromatic rings.